The van der Waals surface area contributed by atoms with Crippen molar-refractivity contribution < 1.29 is 14.7 Å². The van der Waals surface area contributed by atoms with Crippen LogP contribution in [0.2, 0.25) is 0 Å². The van der Waals surface area contributed by atoms with Crippen LogP contribution < -0.4 is 5.56 Å². The van der Waals surface area contributed by atoms with Crippen LogP contribution in [0.5, 0.6) is 0 Å². The van der Waals surface area contributed by atoms with Gasteiger partial charge in [0.05, 0.1) is 16.4 Å². The fourth-order valence-electron chi connectivity index (χ4n) is 2.53. The molecule has 2 rings (SSSR count). The van der Waals surface area contributed by atoms with Gasteiger partial charge in [0.25, 0.3) is 5.56 Å². The summed E-state index contributed by atoms with van der Waals surface area (Å²) in [7, 11) is 1.67. The normalized spacial score (nSPS) is 12.3. The Labute approximate surface area is 159 Å². The number of fused-ring (bicyclic) bond motifs is 1. The molecule has 2 aromatic rings. The van der Waals surface area contributed by atoms with Crippen molar-refractivity contribution in [2.24, 2.45) is 0 Å². The third kappa shape index (κ3) is 4.85. The zero-order valence-electron chi connectivity index (χ0n) is 15.3. The number of amides is 1. The number of rotatable bonds is 8. The molecule has 9 heteroatoms. The van der Waals surface area contributed by atoms with Gasteiger partial charge in [0.2, 0.25) is 5.91 Å². The molecule has 0 aromatic carbocycles. The Bertz CT molecular complexity index is 875. The van der Waals surface area contributed by atoms with Crippen molar-refractivity contribution in [1.82, 2.24) is 14.9 Å². The maximum Gasteiger partial charge on any atom is 0.303 e. The van der Waals surface area contributed by atoms with Gasteiger partial charge in [-0.05, 0) is 32.8 Å². The Morgan fingerprint density at radius 1 is 1.38 bits per heavy atom. The van der Waals surface area contributed by atoms with Crippen molar-refractivity contribution in [3.8, 4) is 0 Å². The van der Waals surface area contributed by atoms with E-state index in [9.17, 15) is 14.4 Å². The molecule has 0 bridgehead atoms. The van der Waals surface area contributed by atoms with Crippen LogP contribution in [0.15, 0.2) is 4.79 Å². The summed E-state index contributed by atoms with van der Waals surface area (Å²) in [6, 6.07) is 0. The first-order valence-electron chi connectivity index (χ1n) is 8.28. The molecule has 2 aromatic heterocycles. The number of thiophene rings is 1. The summed E-state index contributed by atoms with van der Waals surface area (Å²) in [6.45, 7) is 6.10. The molecule has 0 aliphatic carbocycles. The average molecular weight is 398 g/mol. The molecule has 0 saturated heterocycles. The van der Waals surface area contributed by atoms with E-state index in [4.69, 9.17) is 5.11 Å². The molecule has 0 fully saturated rings. The lowest BCUT2D eigenvalue weighted by molar-refractivity contribution is -0.137. The lowest BCUT2D eigenvalue weighted by Gasteiger charge is -2.20. The smallest absolute Gasteiger partial charge is 0.303 e. The lowest BCUT2D eigenvalue weighted by Crippen LogP contribution is -2.34. The molecular weight excluding hydrogens is 374 g/mol. The van der Waals surface area contributed by atoms with Crippen LogP contribution >= 0.6 is 23.1 Å². The SMILES string of the molecule is Cc1sc2nc(CSC(C)C(=O)N(C)CCCC(=O)O)[nH]c(=O)c2c1C. The van der Waals surface area contributed by atoms with Gasteiger partial charge in [-0.15, -0.1) is 23.1 Å². The molecule has 7 nitrogen and oxygen atoms in total. The fourth-order valence-corrected chi connectivity index (χ4v) is 4.45. The number of thioether (sulfide) groups is 1. The van der Waals surface area contributed by atoms with Crippen LogP contribution in [-0.2, 0) is 15.3 Å². The van der Waals surface area contributed by atoms with Crippen molar-refractivity contribution in [3.63, 3.8) is 0 Å². The van der Waals surface area contributed by atoms with Crippen LogP contribution in [0.3, 0.4) is 0 Å². The molecule has 1 amide bonds. The number of carboxylic acid groups (broad SMARTS) is 1. The minimum atomic E-state index is -0.863. The lowest BCUT2D eigenvalue weighted by atomic mass is 10.2. The summed E-state index contributed by atoms with van der Waals surface area (Å²) >= 11 is 2.90. The van der Waals surface area contributed by atoms with Crippen LogP contribution in [0.1, 0.15) is 36.0 Å². The van der Waals surface area contributed by atoms with E-state index in [0.717, 1.165) is 15.3 Å². The highest BCUT2D eigenvalue weighted by Gasteiger charge is 2.19. The van der Waals surface area contributed by atoms with Gasteiger partial charge in [-0.1, -0.05) is 0 Å². The molecular formula is C17H23N3O4S2. The highest BCUT2D eigenvalue weighted by atomic mass is 32.2. The monoisotopic (exact) mass is 397 g/mol. The molecule has 0 aliphatic rings. The second-order valence-electron chi connectivity index (χ2n) is 6.19. The quantitative estimate of drug-likeness (QED) is 0.709. The number of hydrogen-bond donors (Lipinski definition) is 2. The predicted molar refractivity (Wildman–Crippen MR) is 105 cm³/mol. The topological polar surface area (TPSA) is 103 Å². The van der Waals surface area contributed by atoms with Gasteiger partial charge in [-0.3, -0.25) is 14.4 Å². The second kappa shape index (κ2) is 8.68. The number of nitrogens with zero attached hydrogens (tertiary/aromatic N) is 2. The molecule has 0 aliphatic heterocycles. The summed E-state index contributed by atoms with van der Waals surface area (Å²) in [6.07, 6.45) is 0.474. The summed E-state index contributed by atoms with van der Waals surface area (Å²) in [5.41, 5.74) is 0.821. The molecule has 2 heterocycles. The predicted octanol–water partition coefficient (Wildman–Crippen LogP) is 2.55. The maximum absolute atomic E-state index is 12.3. The molecule has 26 heavy (non-hydrogen) atoms. The minimum absolute atomic E-state index is 0.0456. The number of hydrogen-bond acceptors (Lipinski definition) is 6. The van der Waals surface area contributed by atoms with Crippen molar-refractivity contribution in [2.45, 2.75) is 44.6 Å². The standard InChI is InChI=1S/C17H23N3O4S2/c1-9-10(2)26-16-14(9)15(23)18-12(19-16)8-25-11(3)17(24)20(4)7-5-6-13(21)22/h11H,5-8H2,1-4H3,(H,21,22)(H,18,19,23). The Balaban J connectivity index is 1.97. The first-order chi connectivity index (χ1) is 12.2. The first-order valence-corrected chi connectivity index (χ1v) is 10.1. The van der Waals surface area contributed by atoms with Crippen molar-refractivity contribution in [3.05, 3.63) is 26.6 Å². The molecule has 2 N–H and O–H groups in total. The molecule has 1 unspecified atom stereocenters. The number of H-pyrrole nitrogens is 1. The third-order valence-corrected chi connectivity index (χ3v) is 6.41. The summed E-state index contributed by atoms with van der Waals surface area (Å²) in [5.74, 6) is 0.0585. The third-order valence-electron chi connectivity index (χ3n) is 4.17. The van der Waals surface area contributed by atoms with Gasteiger partial charge in [0.15, 0.2) is 0 Å². The highest BCUT2D eigenvalue weighted by molar-refractivity contribution is 7.99. The zero-order chi connectivity index (χ0) is 19.4. The van der Waals surface area contributed by atoms with Crippen LogP contribution in [0, 0.1) is 13.8 Å². The van der Waals surface area contributed by atoms with Gasteiger partial charge >= 0.3 is 5.97 Å². The minimum Gasteiger partial charge on any atom is -0.481 e. The van der Waals surface area contributed by atoms with Crippen LogP contribution in [0.4, 0.5) is 0 Å². The summed E-state index contributed by atoms with van der Waals surface area (Å²) < 4.78 is 0. The molecule has 1 atom stereocenters. The van der Waals surface area contributed by atoms with Gasteiger partial charge in [0.1, 0.15) is 10.7 Å². The van der Waals surface area contributed by atoms with E-state index < -0.39 is 5.97 Å². The Morgan fingerprint density at radius 3 is 2.73 bits per heavy atom. The number of aryl methyl sites for hydroxylation is 2. The van der Waals surface area contributed by atoms with Crippen molar-refractivity contribution >= 4 is 45.2 Å². The van der Waals surface area contributed by atoms with E-state index in [1.165, 1.54) is 23.1 Å². The Hall–Kier alpha value is -1.87. The van der Waals surface area contributed by atoms with Gasteiger partial charge in [-0.2, -0.15) is 0 Å². The number of carbonyl (C=O) groups is 2. The van der Waals surface area contributed by atoms with Crippen molar-refractivity contribution in [2.75, 3.05) is 13.6 Å². The van der Waals surface area contributed by atoms with E-state index in [0.29, 0.717) is 29.9 Å². The van der Waals surface area contributed by atoms with Gasteiger partial charge in [0, 0.05) is 24.9 Å². The molecule has 142 valence electrons. The van der Waals surface area contributed by atoms with E-state index in [1.807, 2.05) is 13.8 Å². The van der Waals surface area contributed by atoms with Crippen molar-refractivity contribution in [1.29, 1.82) is 0 Å². The fraction of sp³-hybridized carbons (Fsp3) is 0.529. The number of aromatic amines is 1. The number of aliphatic carboxylic acids is 1. The first kappa shape index (κ1) is 20.4. The molecule has 0 radical (unpaired) electrons. The largest absolute Gasteiger partial charge is 0.481 e. The highest BCUT2D eigenvalue weighted by Crippen LogP contribution is 2.26. The van der Waals surface area contributed by atoms with E-state index >= 15 is 0 Å². The maximum atomic E-state index is 12.3. The average Bonchev–Trinajstić information content (AvgIpc) is 2.86. The Morgan fingerprint density at radius 2 is 2.08 bits per heavy atom. The number of aromatic nitrogens is 2. The van der Waals surface area contributed by atoms with Crippen LogP contribution in [-0.4, -0.2) is 50.7 Å². The van der Waals surface area contributed by atoms with Crippen LogP contribution in [0.25, 0.3) is 10.2 Å². The zero-order valence-corrected chi connectivity index (χ0v) is 16.9. The van der Waals surface area contributed by atoms with E-state index in [2.05, 4.69) is 9.97 Å². The molecule has 0 saturated carbocycles. The summed E-state index contributed by atoms with van der Waals surface area (Å²) in [5, 5.41) is 8.99. The Kier molecular flexibility index (Phi) is 6.82. The molecule has 0 spiro atoms. The number of carbonyl (C=O) groups excluding carboxylic acids is 1. The number of carboxylic acids is 1. The number of nitrogens with one attached hydrogen (secondary N) is 1. The van der Waals surface area contributed by atoms with E-state index in [-0.39, 0.29) is 23.1 Å². The van der Waals surface area contributed by atoms with Gasteiger partial charge in [-0.25, -0.2) is 4.98 Å². The summed E-state index contributed by atoms with van der Waals surface area (Å²) in [4.78, 5) is 45.8. The second-order valence-corrected chi connectivity index (χ2v) is 8.72. The van der Waals surface area contributed by atoms with E-state index in [1.54, 1.807) is 18.9 Å². The van der Waals surface area contributed by atoms with Gasteiger partial charge < -0.3 is 15.0 Å².